The van der Waals surface area contributed by atoms with Gasteiger partial charge in [-0.1, -0.05) is 0 Å². The monoisotopic (exact) mass is 375 g/mol. The van der Waals surface area contributed by atoms with E-state index in [1.165, 1.54) is 55.4 Å². The van der Waals surface area contributed by atoms with E-state index >= 15 is 0 Å². The molecule has 1 rings (SSSR count). The van der Waals surface area contributed by atoms with Crippen LogP contribution in [0, 0.1) is 0 Å². The SMILES string of the molecule is CCC[CH2][Sn]([CH2]CCC)([CH2]CCC)[C]1=CN=C(F)C1. The molecule has 0 aliphatic carbocycles. The topological polar surface area (TPSA) is 12.4 Å². The number of rotatable bonds is 10. The molecule has 0 saturated heterocycles. The van der Waals surface area contributed by atoms with Crippen LogP contribution in [-0.4, -0.2) is 24.3 Å². The number of hydrogen-bond donors (Lipinski definition) is 0. The first-order valence-corrected chi connectivity index (χ1v) is 15.6. The molecule has 1 heterocycles. The molecule has 0 atom stereocenters. The molecule has 0 unspecified atom stereocenters. The third-order valence-corrected chi connectivity index (χ3v) is 20.4. The van der Waals surface area contributed by atoms with E-state index in [1.807, 2.05) is 6.20 Å². The number of nitrogens with zero attached hydrogens (tertiary/aromatic N) is 1. The maximum absolute atomic E-state index is 13.4. The molecule has 0 aromatic heterocycles. The van der Waals surface area contributed by atoms with E-state index in [4.69, 9.17) is 0 Å². The van der Waals surface area contributed by atoms with Crippen LogP contribution in [0.25, 0.3) is 0 Å². The van der Waals surface area contributed by atoms with Crippen molar-refractivity contribution in [3.63, 3.8) is 0 Å². The standard InChI is InChI=1S/C4H3FN.3C4H9.Sn/c5-4-2-1-3-6-4;3*1-3-4-2;/h3H,2H2;3*1,3-4H2,2H3;. The Bertz CT molecular complexity index is 301. The average Bonchev–Trinajstić information content (AvgIpc) is 2.85. The molecule has 1 nitrogen and oxygen atoms in total. The molecule has 0 aromatic rings. The minimum absolute atomic E-state index is 0.138. The summed E-state index contributed by atoms with van der Waals surface area (Å²) < 4.78 is 19.1. The first kappa shape index (κ1) is 17.2. The number of hydrogen-bond acceptors (Lipinski definition) is 1. The van der Waals surface area contributed by atoms with E-state index in [0.717, 1.165) is 0 Å². The second kappa shape index (κ2) is 9.14. The molecule has 1 aliphatic heterocycles. The molecule has 0 spiro atoms. The number of halogens is 1. The molecular formula is C16H30FNSn. The first-order valence-electron chi connectivity index (χ1n) is 8.10. The van der Waals surface area contributed by atoms with E-state index < -0.39 is 18.4 Å². The zero-order valence-electron chi connectivity index (χ0n) is 13.0. The Morgan fingerprint density at radius 2 is 1.47 bits per heavy atom. The van der Waals surface area contributed by atoms with Crippen molar-refractivity contribution in [3.8, 4) is 0 Å². The van der Waals surface area contributed by atoms with Gasteiger partial charge in [0.2, 0.25) is 0 Å². The Morgan fingerprint density at radius 3 is 1.79 bits per heavy atom. The molecule has 19 heavy (non-hydrogen) atoms. The van der Waals surface area contributed by atoms with Gasteiger partial charge in [-0.15, -0.1) is 0 Å². The second-order valence-electron chi connectivity index (χ2n) is 5.93. The fraction of sp³-hybridized carbons (Fsp3) is 0.812. The predicted octanol–water partition coefficient (Wildman–Crippen LogP) is 6.03. The maximum atomic E-state index is 13.4. The van der Waals surface area contributed by atoms with Gasteiger partial charge < -0.3 is 0 Å². The van der Waals surface area contributed by atoms with Gasteiger partial charge in [-0.2, -0.15) is 0 Å². The third kappa shape index (κ3) is 5.20. The molecule has 0 aromatic carbocycles. The zero-order chi connectivity index (χ0) is 14.1. The van der Waals surface area contributed by atoms with Crippen molar-refractivity contribution in [2.45, 2.75) is 79.0 Å². The Hall–Kier alpha value is 0.139. The molecule has 1 aliphatic rings. The summed E-state index contributed by atoms with van der Waals surface area (Å²) in [6.45, 7) is 6.82. The summed E-state index contributed by atoms with van der Waals surface area (Å²) >= 11 is -2.32. The van der Waals surface area contributed by atoms with Crippen LogP contribution in [-0.2, 0) is 0 Å². The van der Waals surface area contributed by atoms with Crippen LogP contribution in [0.1, 0.15) is 65.7 Å². The van der Waals surface area contributed by atoms with Gasteiger partial charge in [-0.25, -0.2) is 0 Å². The van der Waals surface area contributed by atoms with Gasteiger partial charge in [-0.3, -0.25) is 0 Å². The Morgan fingerprint density at radius 1 is 1.00 bits per heavy atom. The van der Waals surface area contributed by atoms with Crippen molar-refractivity contribution in [2.24, 2.45) is 4.99 Å². The zero-order valence-corrected chi connectivity index (χ0v) is 15.8. The van der Waals surface area contributed by atoms with Gasteiger partial charge in [-0.05, 0) is 0 Å². The van der Waals surface area contributed by atoms with Crippen LogP contribution in [0.15, 0.2) is 14.8 Å². The van der Waals surface area contributed by atoms with Crippen molar-refractivity contribution < 1.29 is 4.39 Å². The number of aliphatic imine (C=N–C) groups is 1. The molecular weight excluding hydrogens is 344 g/mol. The van der Waals surface area contributed by atoms with Gasteiger partial charge >= 0.3 is 123 Å². The van der Waals surface area contributed by atoms with Gasteiger partial charge in [0.25, 0.3) is 0 Å². The number of unbranched alkanes of at least 4 members (excludes halogenated alkanes) is 3. The summed E-state index contributed by atoms with van der Waals surface area (Å²) in [5.74, 6) is -0.138. The fourth-order valence-electron chi connectivity index (χ4n) is 3.12. The third-order valence-electron chi connectivity index (χ3n) is 4.40. The summed E-state index contributed by atoms with van der Waals surface area (Å²) in [5, 5.41) is 0. The average molecular weight is 374 g/mol. The summed E-state index contributed by atoms with van der Waals surface area (Å²) in [4.78, 5) is 3.95. The molecule has 3 heteroatoms. The van der Waals surface area contributed by atoms with Crippen molar-refractivity contribution in [1.29, 1.82) is 0 Å². The summed E-state index contributed by atoms with van der Waals surface area (Å²) in [5.41, 5.74) is 0. The Labute approximate surface area is 122 Å². The Kier molecular flexibility index (Phi) is 8.27. The molecule has 0 bridgehead atoms. The molecule has 0 saturated carbocycles. The van der Waals surface area contributed by atoms with Crippen LogP contribution in [0.5, 0.6) is 0 Å². The van der Waals surface area contributed by atoms with E-state index in [2.05, 4.69) is 25.8 Å². The molecule has 110 valence electrons. The second-order valence-corrected chi connectivity index (χ2v) is 19.3. The normalized spacial score (nSPS) is 15.6. The van der Waals surface area contributed by atoms with Gasteiger partial charge in [0.15, 0.2) is 0 Å². The molecule has 0 N–H and O–H groups in total. The minimum atomic E-state index is -2.32. The van der Waals surface area contributed by atoms with Gasteiger partial charge in [0.1, 0.15) is 0 Å². The van der Waals surface area contributed by atoms with Gasteiger partial charge in [0, 0.05) is 0 Å². The van der Waals surface area contributed by atoms with Crippen LogP contribution < -0.4 is 0 Å². The van der Waals surface area contributed by atoms with Crippen molar-refractivity contribution in [3.05, 3.63) is 9.79 Å². The quantitative estimate of drug-likeness (QED) is 0.414. The van der Waals surface area contributed by atoms with E-state index in [0.29, 0.717) is 6.42 Å². The number of allylic oxidation sites excluding steroid dienone is 1. The van der Waals surface area contributed by atoms with Crippen LogP contribution >= 0.6 is 0 Å². The van der Waals surface area contributed by atoms with Gasteiger partial charge in [0.05, 0.1) is 0 Å². The van der Waals surface area contributed by atoms with Crippen LogP contribution in [0.2, 0.25) is 13.3 Å². The van der Waals surface area contributed by atoms with Crippen molar-refractivity contribution in [1.82, 2.24) is 0 Å². The molecule has 0 fully saturated rings. The summed E-state index contributed by atoms with van der Waals surface area (Å²) in [6, 6.07) is 0. The molecule has 0 radical (unpaired) electrons. The van der Waals surface area contributed by atoms with E-state index in [1.54, 1.807) is 0 Å². The summed E-state index contributed by atoms with van der Waals surface area (Å²) in [6.07, 6.45) is 10.3. The summed E-state index contributed by atoms with van der Waals surface area (Å²) in [7, 11) is 0. The first-order chi connectivity index (χ1) is 9.18. The van der Waals surface area contributed by atoms with Crippen molar-refractivity contribution >= 4 is 24.3 Å². The Balaban J connectivity index is 2.82. The van der Waals surface area contributed by atoms with Crippen LogP contribution in [0.3, 0.4) is 0 Å². The predicted molar refractivity (Wildman–Crippen MR) is 86.1 cm³/mol. The van der Waals surface area contributed by atoms with E-state index in [9.17, 15) is 4.39 Å². The van der Waals surface area contributed by atoms with Crippen molar-refractivity contribution in [2.75, 3.05) is 0 Å². The van der Waals surface area contributed by atoms with E-state index in [-0.39, 0.29) is 5.97 Å². The molecule has 0 amide bonds. The fourth-order valence-corrected chi connectivity index (χ4v) is 19.3. The van der Waals surface area contributed by atoms with Crippen LogP contribution in [0.4, 0.5) is 4.39 Å².